The second-order valence-electron chi connectivity index (χ2n) is 4.36. The van der Waals surface area contributed by atoms with Crippen LogP contribution in [0.25, 0.3) is 11.0 Å². The molecule has 0 aliphatic rings. The summed E-state index contributed by atoms with van der Waals surface area (Å²) in [6.45, 7) is 0. The number of rotatable bonds is 2. The summed E-state index contributed by atoms with van der Waals surface area (Å²) in [7, 11) is 1.31. The molecule has 1 aromatic heterocycles. The number of ether oxygens (including phenoxy) is 1. The average molecular weight is 281 g/mol. The molecule has 6 nitrogen and oxygen atoms in total. The number of carbonyl (C=O) groups is 2. The number of esters is 1. The fourth-order valence-corrected chi connectivity index (χ4v) is 2.01. The van der Waals surface area contributed by atoms with Crippen LogP contribution in [0.15, 0.2) is 48.5 Å². The molecular weight excluding hydrogens is 270 g/mol. The number of para-hydroxylation sites is 1. The second kappa shape index (κ2) is 5.16. The van der Waals surface area contributed by atoms with Gasteiger partial charge in [-0.2, -0.15) is 4.68 Å². The van der Waals surface area contributed by atoms with E-state index in [0.717, 1.165) is 0 Å². The Kier molecular flexibility index (Phi) is 3.19. The maximum absolute atomic E-state index is 12.4. The molecule has 3 rings (SSSR count). The molecule has 21 heavy (non-hydrogen) atoms. The van der Waals surface area contributed by atoms with Gasteiger partial charge in [-0.05, 0) is 36.4 Å². The predicted octanol–water partition coefficient (Wildman–Crippen LogP) is 1.91. The first-order valence-corrected chi connectivity index (χ1v) is 6.24. The van der Waals surface area contributed by atoms with Gasteiger partial charge < -0.3 is 4.74 Å². The highest BCUT2D eigenvalue weighted by molar-refractivity contribution is 6.00. The third-order valence-corrected chi connectivity index (χ3v) is 3.10. The fourth-order valence-electron chi connectivity index (χ4n) is 2.01. The number of carbonyl (C=O) groups excluding carboxylic acids is 2. The van der Waals surface area contributed by atoms with E-state index in [4.69, 9.17) is 0 Å². The Labute approximate surface area is 119 Å². The van der Waals surface area contributed by atoms with E-state index in [1.54, 1.807) is 24.3 Å². The highest BCUT2D eigenvalue weighted by atomic mass is 16.5. The SMILES string of the molecule is COC(=O)c1ccc(C(=O)n2nnc3ccccc32)cc1. The topological polar surface area (TPSA) is 74.1 Å². The van der Waals surface area contributed by atoms with Crippen molar-refractivity contribution in [2.45, 2.75) is 0 Å². The Bertz CT molecular complexity index is 822. The molecule has 0 N–H and O–H groups in total. The lowest BCUT2D eigenvalue weighted by Crippen LogP contribution is -2.14. The van der Waals surface area contributed by atoms with E-state index in [0.29, 0.717) is 22.2 Å². The van der Waals surface area contributed by atoms with Gasteiger partial charge in [-0.1, -0.05) is 17.3 Å². The first kappa shape index (κ1) is 13.0. The van der Waals surface area contributed by atoms with Gasteiger partial charge in [0.25, 0.3) is 5.91 Å². The minimum Gasteiger partial charge on any atom is -0.465 e. The third-order valence-electron chi connectivity index (χ3n) is 3.10. The van der Waals surface area contributed by atoms with Crippen LogP contribution in [0.3, 0.4) is 0 Å². The maximum atomic E-state index is 12.4. The molecule has 0 fully saturated rings. The van der Waals surface area contributed by atoms with Crippen molar-refractivity contribution in [3.63, 3.8) is 0 Å². The minimum atomic E-state index is -0.444. The predicted molar refractivity (Wildman–Crippen MR) is 75.0 cm³/mol. The van der Waals surface area contributed by atoms with Gasteiger partial charge in [-0.15, -0.1) is 5.10 Å². The highest BCUT2D eigenvalue weighted by Gasteiger charge is 2.14. The van der Waals surface area contributed by atoms with Gasteiger partial charge >= 0.3 is 5.97 Å². The largest absolute Gasteiger partial charge is 0.465 e. The van der Waals surface area contributed by atoms with E-state index in [1.165, 1.54) is 23.9 Å². The fraction of sp³-hybridized carbons (Fsp3) is 0.0667. The van der Waals surface area contributed by atoms with Crippen LogP contribution in [0.5, 0.6) is 0 Å². The van der Waals surface area contributed by atoms with Gasteiger partial charge in [-0.3, -0.25) is 4.79 Å². The van der Waals surface area contributed by atoms with Crippen molar-refractivity contribution in [1.82, 2.24) is 15.0 Å². The zero-order valence-electron chi connectivity index (χ0n) is 11.2. The van der Waals surface area contributed by atoms with Gasteiger partial charge in [0.1, 0.15) is 5.52 Å². The van der Waals surface area contributed by atoms with Gasteiger partial charge in [0, 0.05) is 5.56 Å². The lowest BCUT2D eigenvalue weighted by atomic mass is 10.1. The van der Waals surface area contributed by atoms with Crippen LogP contribution >= 0.6 is 0 Å². The quantitative estimate of drug-likeness (QED) is 0.671. The van der Waals surface area contributed by atoms with Crippen molar-refractivity contribution in [3.8, 4) is 0 Å². The Hall–Kier alpha value is -3.02. The number of aromatic nitrogens is 3. The summed E-state index contributed by atoms with van der Waals surface area (Å²) in [5, 5.41) is 7.81. The van der Waals surface area contributed by atoms with Gasteiger partial charge in [-0.25, -0.2) is 4.79 Å². The summed E-state index contributed by atoms with van der Waals surface area (Å²) < 4.78 is 5.85. The van der Waals surface area contributed by atoms with Crippen LogP contribution in [0.4, 0.5) is 0 Å². The van der Waals surface area contributed by atoms with Crippen molar-refractivity contribution in [2.24, 2.45) is 0 Å². The van der Waals surface area contributed by atoms with Crippen molar-refractivity contribution < 1.29 is 14.3 Å². The van der Waals surface area contributed by atoms with E-state index < -0.39 is 5.97 Å². The maximum Gasteiger partial charge on any atom is 0.337 e. The number of hydrogen-bond donors (Lipinski definition) is 0. The summed E-state index contributed by atoms with van der Waals surface area (Å²) in [4.78, 5) is 23.8. The molecule has 0 radical (unpaired) electrons. The average Bonchev–Trinajstić information content (AvgIpc) is 2.97. The summed E-state index contributed by atoms with van der Waals surface area (Å²) in [6, 6.07) is 13.4. The van der Waals surface area contributed by atoms with Crippen LogP contribution in [0.1, 0.15) is 20.7 Å². The normalized spacial score (nSPS) is 10.5. The van der Waals surface area contributed by atoms with E-state index in [-0.39, 0.29) is 5.91 Å². The first-order chi connectivity index (χ1) is 10.2. The molecule has 0 unspecified atom stereocenters. The molecule has 0 saturated heterocycles. The summed E-state index contributed by atoms with van der Waals surface area (Å²) in [5.74, 6) is -0.750. The molecule has 104 valence electrons. The molecule has 2 aromatic carbocycles. The van der Waals surface area contributed by atoms with Gasteiger partial charge in [0.15, 0.2) is 0 Å². The minimum absolute atomic E-state index is 0.305. The van der Waals surface area contributed by atoms with Gasteiger partial charge in [0.2, 0.25) is 0 Å². The van der Waals surface area contributed by atoms with Crippen LogP contribution in [-0.2, 0) is 4.74 Å². The van der Waals surface area contributed by atoms with Crippen molar-refractivity contribution in [2.75, 3.05) is 7.11 Å². The molecule has 0 spiro atoms. The van der Waals surface area contributed by atoms with Crippen LogP contribution in [-0.4, -0.2) is 34.0 Å². The standard InChI is InChI=1S/C15H11N3O3/c1-21-15(20)11-8-6-10(7-9-11)14(19)18-13-5-3-2-4-12(13)16-17-18/h2-9H,1H3. The van der Waals surface area contributed by atoms with Crippen LogP contribution in [0.2, 0.25) is 0 Å². The number of methoxy groups -OCH3 is 1. The summed E-state index contributed by atoms with van der Waals surface area (Å²) in [5.41, 5.74) is 2.09. The Morgan fingerprint density at radius 2 is 1.67 bits per heavy atom. The summed E-state index contributed by atoms with van der Waals surface area (Å²) in [6.07, 6.45) is 0. The smallest absolute Gasteiger partial charge is 0.337 e. The zero-order chi connectivity index (χ0) is 14.8. The molecule has 0 saturated carbocycles. The number of fused-ring (bicyclic) bond motifs is 1. The van der Waals surface area contributed by atoms with Crippen molar-refractivity contribution >= 4 is 22.9 Å². The lowest BCUT2D eigenvalue weighted by molar-refractivity contribution is 0.0600. The lowest BCUT2D eigenvalue weighted by Gasteiger charge is -2.03. The molecular formula is C15H11N3O3. The molecule has 0 aliphatic carbocycles. The van der Waals surface area contributed by atoms with E-state index >= 15 is 0 Å². The van der Waals surface area contributed by atoms with Crippen molar-refractivity contribution in [3.05, 3.63) is 59.7 Å². The monoisotopic (exact) mass is 281 g/mol. The van der Waals surface area contributed by atoms with Crippen molar-refractivity contribution in [1.29, 1.82) is 0 Å². The van der Waals surface area contributed by atoms with E-state index in [9.17, 15) is 9.59 Å². The van der Waals surface area contributed by atoms with Crippen LogP contribution in [0, 0.1) is 0 Å². The number of hydrogen-bond acceptors (Lipinski definition) is 5. The molecule has 6 heteroatoms. The summed E-state index contributed by atoms with van der Waals surface area (Å²) >= 11 is 0. The number of nitrogens with zero attached hydrogens (tertiary/aromatic N) is 3. The molecule has 0 atom stereocenters. The molecule has 0 amide bonds. The molecule has 3 aromatic rings. The van der Waals surface area contributed by atoms with Crippen LogP contribution < -0.4 is 0 Å². The molecule has 1 heterocycles. The van der Waals surface area contributed by atoms with E-state index in [2.05, 4.69) is 15.0 Å². The Balaban J connectivity index is 1.97. The Morgan fingerprint density at radius 3 is 2.38 bits per heavy atom. The zero-order valence-corrected chi connectivity index (χ0v) is 11.2. The van der Waals surface area contributed by atoms with Gasteiger partial charge in [0.05, 0.1) is 18.2 Å². The molecule has 0 bridgehead atoms. The second-order valence-corrected chi connectivity index (χ2v) is 4.36. The highest BCUT2D eigenvalue weighted by Crippen LogP contribution is 2.13. The number of benzene rings is 2. The third kappa shape index (κ3) is 2.27. The molecule has 0 aliphatic heterocycles. The first-order valence-electron chi connectivity index (χ1n) is 6.24. The van der Waals surface area contributed by atoms with E-state index in [1.807, 2.05) is 12.1 Å². The Morgan fingerprint density at radius 1 is 1.00 bits per heavy atom.